The van der Waals surface area contributed by atoms with Crippen molar-refractivity contribution in [2.45, 2.75) is 62.2 Å². The topological polar surface area (TPSA) is 24.9 Å². The van der Waals surface area contributed by atoms with E-state index in [4.69, 9.17) is 9.47 Å². The van der Waals surface area contributed by atoms with Crippen LogP contribution in [0, 0.1) is 0 Å². The maximum Gasteiger partial charge on any atom is 0.118 e. The Morgan fingerprint density at radius 2 is 0.641 bits per heavy atom. The van der Waals surface area contributed by atoms with E-state index in [9.17, 15) is 0 Å². The van der Waals surface area contributed by atoms with E-state index in [2.05, 4.69) is 240 Å². The van der Waals surface area contributed by atoms with Crippen molar-refractivity contribution in [1.82, 2.24) is 0 Å². The number of hydrogen-bond donors (Lipinski definition) is 0. The molecule has 0 bridgehead atoms. The third kappa shape index (κ3) is 7.12. The summed E-state index contributed by atoms with van der Waals surface area (Å²) in [5.74, 6) is 1.65. The highest BCUT2D eigenvalue weighted by Crippen LogP contribution is 2.60. The summed E-state index contributed by atoms with van der Waals surface area (Å²) in [7, 11) is 3.48. The van der Waals surface area contributed by atoms with Gasteiger partial charge in [-0.1, -0.05) is 159 Å². The molecule has 4 nitrogen and oxygen atoms in total. The molecule has 0 aliphatic heterocycles. The van der Waals surface area contributed by atoms with Gasteiger partial charge in [0.2, 0.25) is 0 Å². The Kier molecular flexibility index (Phi) is 11.0. The van der Waals surface area contributed by atoms with Gasteiger partial charge in [-0.05, 0) is 211 Å². The van der Waals surface area contributed by atoms with Gasteiger partial charge in [0.05, 0.1) is 14.2 Å². The summed E-state index contributed by atoms with van der Waals surface area (Å²) >= 11 is 0. The summed E-state index contributed by atoms with van der Waals surface area (Å²) < 4.78 is 11.5. The Bertz CT molecular complexity index is 3850. The quantitative estimate of drug-likeness (QED) is 0.127. The van der Waals surface area contributed by atoms with Crippen LogP contribution in [-0.4, -0.2) is 14.2 Å². The van der Waals surface area contributed by atoms with Gasteiger partial charge in [0.15, 0.2) is 0 Å². The van der Waals surface area contributed by atoms with Crippen molar-refractivity contribution in [1.29, 1.82) is 0 Å². The minimum absolute atomic E-state index is 0.0382. The lowest BCUT2D eigenvalue weighted by Crippen LogP contribution is -2.21. The van der Waals surface area contributed by atoms with Gasteiger partial charge in [-0.3, -0.25) is 0 Å². The molecule has 378 valence electrons. The summed E-state index contributed by atoms with van der Waals surface area (Å²) in [4.78, 5) is 4.98. The number of anilines is 6. The van der Waals surface area contributed by atoms with Crippen molar-refractivity contribution in [3.8, 4) is 56.0 Å². The van der Waals surface area contributed by atoms with Crippen LogP contribution in [0.3, 0.4) is 0 Å². The number of ether oxygens (including phenoxy) is 2. The molecule has 78 heavy (non-hydrogen) atoms. The normalized spacial score (nSPS) is 15.1. The number of hydrogen-bond acceptors (Lipinski definition) is 4. The lowest BCUT2D eigenvalue weighted by Gasteiger charge is -2.31. The average Bonchev–Trinajstić information content (AvgIpc) is 4.41. The van der Waals surface area contributed by atoms with Crippen LogP contribution in [0.1, 0.15) is 73.6 Å². The zero-order valence-corrected chi connectivity index (χ0v) is 44.3. The third-order valence-corrected chi connectivity index (χ3v) is 18.3. The van der Waals surface area contributed by atoms with E-state index in [1.165, 1.54) is 140 Å². The van der Waals surface area contributed by atoms with Gasteiger partial charge in [-0.15, -0.1) is 0 Å². The Morgan fingerprint density at radius 1 is 0.295 bits per heavy atom. The fourth-order valence-corrected chi connectivity index (χ4v) is 14.9. The molecule has 2 saturated carbocycles. The zero-order chi connectivity index (χ0) is 52.0. The molecule has 0 heterocycles. The number of benzene rings is 11. The minimum Gasteiger partial charge on any atom is -0.497 e. The van der Waals surface area contributed by atoms with Gasteiger partial charge >= 0.3 is 0 Å². The molecule has 0 N–H and O–H groups in total. The second-order valence-corrected chi connectivity index (χ2v) is 22.1. The first kappa shape index (κ1) is 46.4. The molecular formula is C74H60N2O2. The van der Waals surface area contributed by atoms with Crippen LogP contribution >= 0.6 is 0 Å². The number of nitrogens with zero attached hydrogens (tertiary/aromatic N) is 2. The van der Waals surface area contributed by atoms with Crippen molar-refractivity contribution in [3.63, 3.8) is 0 Å². The maximum absolute atomic E-state index is 5.76. The highest BCUT2D eigenvalue weighted by Gasteiger charge is 2.46. The molecule has 0 unspecified atom stereocenters. The van der Waals surface area contributed by atoms with E-state index in [-0.39, 0.29) is 10.8 Å². The van der Waals surface area contributed by atoms with Crippen LogP contribution in [0.5, 0.6) is 11.5 Å². The second kappa shape index (κ2) is 18.4. The van der Waals surface area contributed by atoms with E-state index < -0.39 is 0 Å². The van der Waals surface area contributed by atoms with Gasteiger partial charge in [0.25, 0.3) is 0 Å². The van der Waals surface area contributed by atoms with E-state index in [0.717, 1.165) is 45.4 Å². The molecule has 0 amide bonds. The highest BCUT2D eigenvalue weighted by molar-refractivity contribution is 6.23. The van der Waals surface area contributed by atoms with Crippen LogP contribution in [0.4, 0.5) is 34.1 Å². The fraction of sp³-hybridized carbons (Fsp3) is 0.162. The van der Waals surface area contributed by atoms with Crippen molar-refractivity contribution in [2.75, 3.05) is 24.0 Å². The fourth-order valence-electron chi connectivity index (χ4n) is 14.9. The Labute approximate surface area is 457 Å². The zero-order valence-electron chi connectivity index (χ0n) is 44.3. The highest BCUT2D eigenvalue weighted by atomic mass is 16.5. The number of para-hydroxylation sites is 2. The number of rotatable bonds is 10. The first-order chi connectivity index (χ1) is 38.5. The predicted molar refractivity (Wildman–Crippen MR) is 324 cm³/mol. The lowest BCUT2D eigenvalue weighted by molar-refractivity contribution is 0.414. The number of methoxy groups -OCH3 is 2. The molecular weight excluding hydrogens is 949 g/mol. The van der Waals surface area contributed by atoms with Gasteiger partial charge in [0.1, 0.15) is 11.5 Å². The summed E-state index contributed by atoms with van der Waals surface area (Å²) in [5, 5.41) is 4.70. The van der Waals surface area contributed by atoms with Gasteiger partial charge in [-0.25, -0.2) is 0 Å². The summed E-state index contributed by atoms with van der Waals surface area (Å²) in [6, 6.07) is 86.5. The molecule has 4 aliphatic rings. The van der Waals surface area contributed by atoms with Crippen molar-refractivity contribution in [3.05, 3.63) is 253 Å². The smallest absolute Gasteiger partial charge is 0.118 e. The Morgan fingerprint density at radius 3 is 1.04 bits per heavy atom. The molecule has 4 aliphatic carbocycles. The molecule has 0 radical (unpaired) electrons. The first-order valence-corrected chi connectivity index (χ1v) is 28.1. The molecule has 0 atom stereocenters. The minimum atomic E-state index is 0.0382. The molecule has 11 aromatic rings. The van der Waals surface area contributed by atoms with Gasteiger partial charge < -0.3 is 19.3 Å². The maximum atomic E-state index is 5.76. The number of fused-ring (bicyclic) bond motifs is 13. The first-order valence-electron chi connectivity index (χ1n) is 28.1. The van der Waals surface area contributed by atoms with Crippen LogP contribution in [0.25, 0.3) is 66.1 Å². The van der Waals surface area contributed by atoms with Crippen LogP contribution in [0.15, 0.2) is 231 Å². The monoisotopic (exact) mass is 1010 g/mol. The average molecular weight is 1010 g/mol. The molecule has 2 fully saturated rings. The molecule has 15 rings (SSSR count). The SMILES string of the molecule is COc1ccc(-c2c(-c3ccc(OC)cc3)c3ccc(N(c4ccccc4)c4ccc5c(c4)C4(CCCC4)c4ccccc4-5)cc3c3cc(N(c4ccccc4)c4ccc5c(c4)C4(CCCC4)c4ccccc4-5)ccc23)cc1. The van der Waals surface area contributed by atoms with Crippen molar-refractivity contribution in [2.24, 2.45) is 0 Å². The molecule has 0 aromatic heterocycles. The standard InChI is InChI=1S/C74H60N2O2/c1-77-57-33-25-49(26-34-57)71-63-39-31-53(75(51-17-5-3-6-18-51)55-29-37-61-59-21-9-11-23-67(59)73(69(61)47-55)41-13-14-42-73)45-65(63)66-46-54(32-40-64(66)72(71)50-27-35-58(78-2)36-28-50)76(52-19-7-4-8-20-52)56-30-38-62-60-22-10-12-24-68(60)74(70(62)48-56)43-15-16-44-74/h3-12,17-40,45-48H,13-16,41-44H2,1-2H3. The predicted octanol–water partition coefficient (Wildman–Crippen LogP) is 20.0. The summed E-state index contributed by atoms with van der Waals surface area (Å²) in [6.45, 7) is 0. The Hall–Kier alpha value is -8.86. The Balaban J connectivity index is 0.992. The van der Waals surface area contributed by atoms with E-state index in [1.54, 1.807) is 14.2 Å². The largest absolute Gasteiger partial charge is 0.497 e. The van der Waals surface area contributed by atoms with E-state index in [0.29, 0.717) is 0 Å². The third-order valence-electron chi connectivity index (χ3n) is 18.3. The van der Waals surface area contributed by atoms with Crippen LogP contribution in [-0.2, 0) is 10.8 Å². The van der Waals surface area contributed by atoms with E-state index in [1.807, 2.05) is 0 Å². The van der Waals surface area contributed by atoms with E-state index >= 15 is 0 Å². The van der Waals surface area contributed by atoms with Gasteiger partial charge in [0, 0.05) is 45.0 Å². The van der Waals surface area contributed by atoms with Crippen molar-refractivity contribution >= 4 is 55.7 Å². The van der Waals surface area contributed by atoms with Crippen molar-refractivity contribution < 1.29 is 9.47 Å². The molecule has 11 aromatic carbocycles. The summed E-state index contributed by atoms with van der Waals surface area (Å²) in [5.41, 5.74) is 23.0. The molecule has 4 heteroatoms. The second-order valence-electron chi connectivity index (χ2n) is 22.1. The summed E-state index contributed by atoms with van der Waals surface area (Å²) in [6.07, 6.45) is 9.72. The lowest BCUT2D eigenvalue weighted by atomic mass is 9.76. The van der Waals surface area contributed by atoms with Crippen LogP contribution in [0.2, 0.25) is 0 Å². The van der Waals surface area contributed by atoms with Gasteiger partial charge in [-0.2, -0.15) is 0 Å². The molecule has 0 saturated heterocycles. The van der Waals surface area contributed by atoms with Crippen LogP contribution < -0.4 is 19.3 Å². The molecule has 2 spiro atoms.